The Bertz CT molecular complexity index is 355. The minimum atomic E-state index is 0.0694. The molecule has 0 unspecified atom stereocenters. The molecule has 0 aromatic heterocycles. The van der Waals surface area contributed by atoms with Crippen molar-refractivity contribution in [3.63, 3.8) is 0 Å². The molecule has 0 fully saturated rings. The number of nitrogens with one attached hydrogen (secondary N) is 7. The first-order chi connectivity index (χ1) is 23.9. The molecule has 0 spiro atoms. The summed E-state index contributed by atoms with van der Waals surface area (Å²) in [6.07, 6.45) is 12.0. The summed E-state index contributed by atoms with van der Waals surface area (Å²) >= 11 is 0. The monoisotopic (exact) mass is 733 g/mol. The lowest BCUT2D eigenvalue weighted by atomic mass is 10.4. The van der Waals surface area contributed by atoms with Crippen molar-refractivity contribution < 1.29 is 20.1 Å². The zero-order chi connectivity index (χ0) is 42.0. The fraction of sp³-hybridized carbons (Fsp3) is 0.842. The molecule has 0 saturated carbocycles. The maximum absolute atomic E-state index is 8.00. The zero-order valence-electron chi connectivity index (χ0n) is 37.3. The van der Waals surface area contributed by atoms with Gasteiger partial charge in [-0.05, 0) is 110 Å². The lowest BCUT2D eigenvalue weighted by Crippen LogP contribution is -2.21. The summed E-state index contributed by atoms with van der Waals surface area (Å²) in [7, 11) is 18.9. The summed E-state index contributed by atoms with van der Waals surface area (Å²) in [6, 6.07) is 0. The average Bonchev–Trinajstić information content (AvgIpc) is 3.16. The summed E-state index contributed by atoms with van der Waals surface area (Å²) in [4.78, 5) is 2.12. The van der Waals surface area contributed by atoms with Crippen LogP contribution in [0.4, 0.5) is 0 Å². The van der Waals surface area contributed by atoms with Crippen molar-refractivity contribution in [1.82, 2.24) is 42.1 Å². The van der Waals surface area contributed by atoms with Crippen molar-refractivity contribution in [2.45, 2.75) is 81.1 Å². The molecule has 0 rings (SSSR count). The number of aliphatic hydroxyl groups excluding tert-OH is 3. The van der Waals surface area contributed by atoms with Crippen molar-refractivity contribution in [1.29, 1.82) is 0 Å². The molecular weight excluding hydrogens is 632 g/mol. The van der Waals surface area contributed by atoms with Crippen LogP contribution in [-0.4, -0.2) is 157 Å². The molecule has 316 valence electrons. The number of aliphatic hydroxyl groups is 3. The highest BCUT2D eigenvalue weighted by Crippen LogP contribution is 1.76. The Morgan fingerprint density at radius 1 is 0.540 bits per heavy atom. The van der Waals surface area contributed by atoms with Crippen LogP contribution in [0.15, 0.2) is 37.5 Å². The van der Waals surface area contributed by atoms with Gasteiger partial charge in [0.2, 0.25) is 0 Å². The fourth-order valence-electron chi connectivity index (χ4n) is 0.756. The summed E-state index contributed by atoms with van der Waals surface area (Å²) in [5.41, 5.74) is 0. The van der Waals surface area contributed by atoms with E-state index in [1.807, 2.05) is 68.2 Å². The predicted octanol–water partition coefficient (Wildman–Crippen LogP) is 4.13. The molecule has 0 saturated heterocycles. The van der Waals surface area contributed by atoms with E-state index in [0.717, 1.165) is 39.1 Å². The normalized spacial score (nSPS) is 8.12. The maximum atomic E-state index is 8.00. The van der Waals surface area contributed by atoms with Crippen LogP contribution in [0.25, 0.3) is 0 Å². The molecule has 0 radical (unpaired) electrons. The molecule has 0 heterocycles. The second kappa shape index (κ2) is 136. The largest absolute Gasteiger partial charge is 0.396 e. The van der Waals surface area contributed by atoms with Crippen LogP contribution < -0.4 is 37.2 Å². The number of hydrogen-bond acceptors (Lipinski definition) is 12. The van der Waals surface area contributed by atoms with Crippen molar-refractivity contribution in [2.75, 3.05) is 136 Å². The Hall–Kier alpha value is -1.26. The summed E-state index contributed by atoms with van der Waals surface area (Å²) in [6.45, 7) is 30.8. The lowest BCUT2D eigenvalue weighted by Gasteiger charge is -2.00. The second-order valence-electron chi connectivity index (χ2n) is 9.40. The Labute approximate surface area is 316 Å². The number of nitrogens with zero attached hydrogens (tertiary/aromatic N) is 1. The van der Waals surface area contributed by atoms with Crippen LogP contribution in [0.1, 0.15) is 81.1 Å². The van der Waals surface area contributed by atoms with Gasteiger partial charge in [-0.1, -0.05) is 91.8 Å². The van der Waals surface area contributed by atoms with E-state index >= 15 is 0 Å². The van der Waals surface area contributed by atoms with E-state index in [1.54, 1.807) is 33.4 Å². The van der Waals surface area contributed by atoms with Crippen molar-refractivity contribution in [3.05, 3.63) is 37.5 Å². The molecule has 50 heavy (non-hydrogen) atoms. The Morgan fingerprint density at radius 2 is 0.860 bits per heavy atom. The number of rotatable bonds is 15. The smallest absolute Gasteiger partial charge is 0.0958 e. The first-order valence-electron chi connectivity index (χ1n) is 18.2. The second-order valence-corrected chi connectivity index (χ2v) is 9.40. The third-order valence-corrected chi connectivity index (χ3v) is 4.14. The third-order valence-electron chi connectivity index (χ3n) is 4.14. The van der Waals surface area contributed by atoms with Gasteiger partial charge in [0.05, 0.1) is 20.1 Å². The molecule has 0 amide bonds. The quantitative estimate of drug-likeness (QED) is 0.0509. The van der Waals surface area contributed by atoms with E-state index < -0.39 is 0 Å². The van der Waals surface area contributed by atoms with E-state index in [0.29, 0.717) is 19.9 Å². The van der Waals surface area contributed by atoms with Crippen molar-refractivity contribution in [2.24, 2.45) is 0 Å². The third kappa shape index (κ3) is 395. The Balaban J connectivity index is -0.0000000373. The van der Waals surface area contributed by atoms with Gasteiger partial charge in [-0.3, -0.25) is 10.6 Å². The molecule has 0 atom stereocenters. The first kappa shape index (κ1) is 78.0. The van der Waals surface area contributed by atoms with Gasteiger partial charge in [0.15, 0.2) is 0 Å². The number of hydrogen-bond donors (Lipinski definition) is 10. The molecule has 12 heteroatoms. The van der Waals surface area contributed by atoms with E-state index in [1.165, 1.54) is 19.3 Å². The van der Waals surface area contributed by atoms with Crippen LogP contribution in [0, 0.1) is 0 Å². The van der Waals surface area contributed by atoms with Crippen molar-refractivity contribution in [3.8, 4) is 0 Å². The Morgan fingerprint density at radius 3 is 0.880 bits per heavy atom. The van der Waals surface area contributed by atoms with E-state index in [2.05, 4.69) is 109 Å². The lowest BCUT2D eigenvalue weighted by molar-refractivity contribution is 0.183. The standard InChI is InChI=1S/C4H12N2.2C4H11N.C4H10.C4H8.C4H6.2C3H9NO.C3H9N.C3H8O.C2H7NO/c1-5-3-4-6-2;1-4-5(2)3;1-3-4-5-2;3*1-3-4-2;1-4-3-5-2;1-4-2-3-5;1-3-4-2;1-2-3-4;1-3-2-4/h5-6H,3-4H2,1-2H3;4H2,1-3H3;5H,3-4H2,1-2H3;3-4H2,1-2H3;3-4H,1-2H3;3-4H,1-2H2;4H,3H2,1-2H3;4-5H,2-3H2,1H3;4H,3H2,1-2H3;4H,2-3H2,1H3;3-4H,2H2,1H3. The summed E-state index contributed by atoms with van der Waals surface area (Å²) < 4.78 is 4.58. The number of methoxy groups -OCH3 is 1. The van der Waals surface area contributed by atoms with Crippen LogP contribution >= 0.6 is 0 Å². The van der Waals surface area contributed by atoms with Gasteiger partial charge in [0.1, 0.15) is 0 Å². The molecule has 10 N–H and O–H groups in total. The molecular formula is C38H100N8O4. The molecule has 0 aromatic rings. The SMILES string of the molecule is C=CC=C.CC=CC.CCCC.CCCNC.CCCO.CCN(C)C.CCNC.CNCCNC.CNCCO.CNCO.CNCOC. The number of allylic oxidation sites excluding steroid dienone is 4. The van der Waals surface area contributed by atoms with Crippen LogP contribution in [-0.2, 0) is 4.74 Å². The minimum Gasteiger partial charge on any atom is -0.396 e. The van der Waals surface area contributed by atoms with Gasteiger partial charge in [0, 0.05) is 33.4 Å². The molecule has 0 bridgehead atoms. The predicted molar refractivity (Wildman–Crippen MR) is 233 cm³/mol. The van der Waals surface area contributed by atoms with E-state index in [4.69, 9.17) is 15.3 Å². The summed E-state index contributed by atoms with van der Waals surface area (Å²) in [5, 5.41) is 43.7. The molecule has 0 aliphatic carbocycles. The first-order valence-corrected chi connectivity index (χ1v) is 18.2. The zero-order valence-corrected chi connectivity index (χ0v) is 37.3. The molecule has 0 aliphatic rings. The average molecular weight is 733 g/mol. The fourth-order valence-corrected chi connectivity index (χ4v) is 0.756. The Kier molecular flexibility index (Phi) is 211. The summed E-state index contributed by atoms with van der Waals surface area (Å²) in [5.74, 6) is 0. The minimum absolute atomic E-state index is 0.0694. The highest BCUT2D eigenvalue weighted by Gasteiger charge is 1.72. The molecule has 0 aliphatic heterocycles. The topological polar surface area (TPSA) is 157 Å². The maximum Gasteiger partial charge on any atom is 0.0958 e. The number of unbranched alkanes of at least 4 members (excludes halogenated alkanes) is 1. The van der Waals surface area contributed by atoms with Gasteiger partial charge in [-0.25, -0.2) is 0 Å². The number of likely N-dealkylation sites (N-methyl/N-ethyl adjacent to an activating group) is 3. The van der Waals surface area contributed by atoms with Crippen LogP contribution in [0.2, 0.25) is 0 Å². The molecule has 12 nitrogen and oxygen atoms in total. The highest BCUT2D eigenvalue weighted by atomic mass is 16.5. The highest BCUT2D eigenvalue weighted by molar-refractivity contribution is 4.88. The van der Waals surface area contributed by atoms with Crippen LogP contribution in [0.5, 0.6) is 0 Å². The van der Waals surface area contributed by atoms with Gasteiger partial charge >= 0.3 is 0 Å². The molecule has 0 aromatic carbocycles. The van der Waals surface area contributed by atoms with Gasteiger partial charge < -0.3 is 51.5 Å². The van der Waals surface area contributed by atoms with E-state index in [9.17, 15) is 0 Å². The van der Waals surface area contributed by atoms with Gasteiger partial charge in [-0.15, -0.1) is 0 Å². The van der Waals surface area contributed by atoms with E-state index in [-0.39, 0.29) is 13.3 Å². The number of ether oxygens (including phenoxy) is 1. The van der Waals surface area contributed by atoms with Crippen molar-refractivity contribution >= 4 is 0 Å². The van der Waals surface area contributed by atoms with Gasteiger partial charge in [-0.2, -0.15) is 0 Å². The van der Waals surface area contributed by atoms with Gasteiger partial charge in [0.25, 0.3) is 0 Å². The van der Waals surface area contributed by atoms with Crippen LogP contribution in [0.3, 0.4) is 0 Å².